The first kappa shape index (κ1) is 15.8. The van der Waals surface area contributed by atoms with E-state index in [0.717, 1.165) is 12.1 Å². The van der Waals surface area contributed by atoms with Gasteiger partial charge in [-0.15, -0.1) is 0 Å². The van der Waals surface area contributed by atoms with E-state index in [9.17, 15) is 21.6 Å². The third-order valence-electron chi connectivity index (χ3n) is 2.53. The summed E-state index contributed by atoms with van der Waals surface area (Å²) in [6, 6.07) is 3.47. The summed E-state index contributed by atoms with van der Waals surface area (Å²) in [6.45, 7) is 5.75. The maximum absolute atomic E-state index is 12.9. The molecule has 108 valence electrons. The minimum Gasteiger partial charge on any atom is -0.283 e. The molecule has 0 aliphatic heterocycles. The number of hydrogen-bond donors (Lipinski definition) is 1. The maximum atomic E-state index is 12.9. The van der Waals surface area contributed by atoms with Gasteiger partial charge in [0.05, 0.1) is 16.0 Å². The zero-order valence-electron chi connectivity index (χ0n) is 11.1. The summed E-state index contributed by atoms with van der Waals surface area (Å²) >= 11 is 0. The molecule has 0 atom stereocenters. The van der Waals surface area contributed by atoms with Crippen LogP contribution in [0.2, 0.25) is 0 Å². The second-order valence-electron chi connectivity index (χ2n) is 5.26. The number of alkyl halides is 3. The predicted molar refractivity (Wildman–Crippen MR) is 68.5 cm³/mol. The van der Waals surface area contributed by atoms with Crippen molar-refractivity contribution in [3.63, 3.8) is 0 Å². The van der Waals surface area contributed by atoms with Gasteiger partial charge < -0.3 is 0 Å². The number of benzene rings is 1. The van der Waals surface area contributed by atoms with Crippen molar-refractivity contribution in [3.05, 3.63) is 29.3 Å². The molecule has 0 aliphatic carbocycles. The molecule has 1 aromatic rings. The van der Waals surface area contributed by atoms with Crippen molar-refractivity contribution in [1.29, 1.82) is 0 Å². The quantitative estimate of drug-likeness (QED) is 0.907. The van der Waals surface area contributed by atoms with Crippen LogP contribution in [-0.4, -0.2) is 13.2 Å². The molecule has 0 spiro atoms. The van der Waals surface area contributed by atoms with Crippen LogP contribution in [0.25, 0.3) is 0 Å². The molecule has 0 saturated carbocycles. The van der Waals surface area contributed by atoms with Crippen molar-refractivity contribution in [2.24, 2.45) is 0 Å². The maximum Gasteiger partial charge on any atom is 0.418 e. The lowest BCUT2D eigenvalue weighted by Crippen LogP contribution is -2.34. The molecule has 1 rings (SSSR count). The molecule has 1 N–H and O–H groups in total. The van der Waals surface area contributed by atoms with Gasteiger partial charge in [-0.2, -0.15) is 13.2 Å². The average Bonchev–Trinajstić information content (AvgIpc) is 2.17. The molecule has 0 amide bonds. The smallest absolute Gasteiger partial charge is 0.283 e. The highest BCUT2D eigenvalue weighted by Crippen LogP contribution is 2.36. The second kappa shape index (κ2) is 4.70. The van der Waals surface area contributed by atoms with Crippen molar-refractivity contribution >= 4 is 15.7 Å². The fourth-order valence-corrected chi connectivity index (χ4v) is 2.05. The third kappa shape index (κ3) is 3.62. The lowest BCUT2D eigenvalue weighted by Gasteiger charge is -2.22. The van der Waals surface area contributed by atoms with Crippen LogP contribution >= 0.6 is 0 Å². The Morgan fingerprint density at radius 3 is 2.05 bits per heavy atom. The van der Waals surface area contributed by atoms with E-state index in [4.69, 9.17) is 0 Å². The molecule has 0 bridgehead atoms. The van der Waals surface area contributed by atoms with Crippen molar-refractivity contribution < 1.29 is 21.6 Å². The van der Waals surface area contributed by atoms with E-state index in [1.807, 2.05) is 4.72 Å². The first-order chi connectivity index (χ1) is 8.34. The summed E-state index contributed by atoms with van der Waals surface area (Å²) in [7, 11) is -3.90. The number of rotatable bonds is 2. The number of halogens is 3. The zero-order valence-corrected chi connectivity index (χ0v) is 11.9. The van der Waals surface area contributed by atoms with Crippen LogP contribution in [0.4, 0.5) is 18.9 Å². The van der Waals surface area contributed by atoms with E-state index in [1.165, 1.54) is 33.8 Å². The third-order valence-corrected chi connectivity index (χ3v) is 4.63. The second-order valence-corrected chi connectivity index (χ2v) is 7.70. The molecular formula is C12H16F3NO2S. The van der Waals surface area contributed by atoms with Crippen molar-refractivity contribution in [2.45, 2.75) is 38.6 Å². The van der Waals surface area contributed by atoms with Gasteiger partial charge in [0, 0.05) is 0 Å². The lowest BCUT2D eigenvalue weighted by molar-refractivity contribution is -0.136. The molecule has 0 aliphatic rings. The largest absolute Gasteiger partial charge is 0.418 e. The van der Waals surface area contributed by atoms with Crippen molar-refractivity contribution in [1.82, 2.24) is 0 Å². The van der Waals surface area contributed by atoms with Gasteiger partial charge in [0.25, 0.3) is 0 Å². The molecule has 0 saturated heterocycles. The van der Waals surface area contributed by atoms with E-state index >= 15 is 0 Å². The van der Waals surface area contributed by atoms with Crippen molar-refractivity contribution in [2.75, 3.05) is 4.72 Å². The summed E-state index contributed by atoms with van der Waals surface area (Å²) in [5.41, 5.74) is -1.03. The SMILES string of the molecule is Cc1ccc(NS(=O)(=O)C(C)(C)C)c(C(F)(F)F)c1. The van der Waals surface area contributed by atoms with E-state index in [0.29, 0.717) is 5.56 Å². The molecule has 1 aromatic carbocycles. The Hall–Kier alpha value is -1.24. The number of sulfonamides is 1. The predicted octanol–water partition coefficient (Wildman–Crippen LogP) is 3.55. The van der Waals surface area contributed by atoms with Crippen LogP contribution in [-0.2, 0) is 16.2 Å². The number of aryl methyl sites for hydroxylation is 1. The van der Waals surface area contributed by atoms with Gasteiger partial charge in [0.15, 0.2) is 0 Å². The molecule has 0 radical (unpaired) electrons. The molecule has 0 fully saturated rings. The van der Waals surface area contributed by atoms with Gasteiger partial charge >= 0.3 is 6.18 Å². The normalized spacial score (nSPS) is 13.4. The highest BCUT2D eigenvalue weighted by Gasteiger charge is 2.36. The molecule has 3 nitrogen and oxygen atoms in total. The van der Waals surface area contributed by atoms with Gasteiger partial charge in [-0.3, -0.25) is 4.72 Å². The van der Waals surface area contributed by atoms with Crippen LogP contribution in [0.3, 0.4) is 0 Å². The summed E-state index contributed by atoms with van der Waals surface area (Å²) in [5.74, 6) is 0. The zero-order chi connectivity index (χ0) is 15.1. The van der Waals surface area contributed by atoms with Gasteiger partial charge in [0.1, 0.15) is 0 Å². The molecule has 19 heavy (non-hydrogen) atoms. The Bertz CT molecular complexity index is 572. The fourth-order valence-electron chi connectivity index (χ4n) is 1.28. The van der Waals surface area contributed by atoms with E-state index in [1.54, 1.807) is 0 Å². The molecule has 0 heterocycles. The van der Waals surface area contributed by atoms with Crippen molar-refractivity contribution in [3.8, 4) is 0 Å². The molecule has 0 aromatic heterocycles. The van der Waals surface area contributed by atoms with E-state index in [-0.39, 0.29) is 0 Å². The number of anilines is 1. The first-order valence-corrected chi connectivity index (χ1v) is 7.03. The number of hydrogen-bond acceptors (Lipinski definition) is 2. The van der Waals surface area contributed by atoms with Gasteiger partial charge in [-0.05, 0) is 39.8 Å². The van der Waals surface area contributed by atoms with E-state index < -0.39 is 32.2 Å². The van der Waals surface area contributed by atoms with Gasteiger partial charge in [0.2, 0.25) is 10.0 Å². The Labute approximate surface area is 110 Å². The topological polar surface area (TPSA) is 46.2 Å². The monoisotopic (exact) mass is 295 g/mol. The minimum atomic E-state index is -4.61. The minimum absolute atomic E-state index is 0.408. The number of nitrogens with one attached hydrogen (secondary N) is 1. The molecule has 0 unspecified atom stereocenters. The van der Waals surface area contributed by atoms with Gasteiger partial charge in [-0.1, -0.05) is 11.6 Å². The fraction of sp³-hybridized carbons (Fsp3) is 0.500. The molecule has 7 heteroatoms. The lowest BCUT2D eigenvalue weighted by atomic mass is 10.1. The Morgan fingerprint density at radius 2 is 1.63 bits per heavy atom. The summed E-state index contributed by atoms with van der Waals surface area (Å²) in [4.78, 5) is 0. The summed E-state index contributed by atoms with van der Waals surface area (Å²) in [6.07, 6.45) is -4.61. The van der Waals surface area contributed by atoms with Crippen LogP contribution in [0.15, 0.2) is 18.2 Å². The Kier molecular flexibility index (Phi) is 3.91. The average molecular weight is 295 g/mol. The van der Waals surface area contributed by atoms with Crippen LogP contribution in [0.5, 0.6) is 0 Å². The standard InChI is InChI=1S/C12H16F3NO2S/c1-8-5-6-10(9(7-8)12(13,14)15)16-19(17,18)11(2,3)4/h5-7,16H,1-4H3. The summed E-state index contributed by atoms with van der Waals surface area (Å²) < 4.78 is 63.2. The first-order valence-electron chi connectivity index (χ1n) is 5.55. The Balaban J connectivity index is 3.31. The highest BCUT2D eigenvalue weighted by molar-refractivity contribution is 7.94. The van der Waals surface area contributed by atoms with Gasteiger partial charge in [-0.25, -0.2) is 8.42 Å². The van der Waals surface area contributed by atoms with E-state index in [2.05, 4.69) is 0 Å². The Morgan fingerprint density at radius 1 is 1.11 bits per heavy atom. The highest BCUT2D eigenvalue weighted by atomic mass is 32.2. The van der Waals surface area contributed by atoms with Crippen LogP contribution in [0.1, 0.15) is 31.9 Å². The van der Waals surface area contributed by atoms with Crippen LogP contribution < -0.4 is 4.72 Å². The molecular weight excluding hydrogens is 279 g/mol. The summed E-state index contributed by atoms with van der Waals surface area (Å²) in [5, 5.41) is 0. The van der Waals surface area contributed by atoms with Crippen LogP contribution in [0, 0.1) is 6.92 Å².